The highest BCUT2D eigenvalue weighted by Gasteiger charge is 2.36. The summed E-state index contributed by atoms with van der Waals surface area (Å²) < 4.78 is 23.0. The quantitative estimate of drug-likeness (QED) is 0.752. The minimum Gasteiger partial charge on any atom is -0.340 e. The summed E-state index contributed by atoms with van der Waals surface area (Å²) in [7, 11) is -1.20. The lowest BCUT2D eigenvalue weighted by Crippen LogP contribution is -2.48. The first-order chi connectivity index (χ1) is 8.80. The third-order valence-electron chi connectivity index (χ3n) is 4.46. The van der Waals surface area contributed by atoms with E-state index in [1.54, 1.807) is 11.9 Å². The van der Waals surface area contributed by atoms with Gasteiger partial charge in [-0.3, -0.25) is 9.69 Å². The minimum atomic E-state index is -2.94. The molecule has 0 spiro atoms. The van der Waals surface area contributed by atoms with Crippen LogP contribution in [0, 0.1) is 5.92 Å². The summed E-state index contributed by atoms with van der Waals surface area (Å²) in [5.74, 6) is 1.03. The molecule has 6 heteroatoms. The van der Waals surface area contributed by atoms with Gasteiger partial charge < -0.3 is 4.90 Å². The molecular formula is C13H24N2O3S. The lowest BCUT2D eigenvalue weighted by Gasteiger charge is -2.31. The molecule has 2 aliphatic rings. The molecule has 2 saturated heterocycles. The lowest BCUT2D eigenvalue weighted by atomic mass is 10.1. The van der Waals surface area contributed by atoms with Crippen molar-refractivity contribution in [3.05, 3.63) is 0 Å². The number of sulfone groups is 1. The molecule has 2 fully saturated rings. The molecule has 2 rings (SSSR count). The Balaban J connectivity index is 1.95. The van der Waals surface area contributed by atoms with Crippen LogP contribution in [0.5, 0.6) is 0 Å². The standard InChI is InChI=1S/C13H24N2O3S/c1-10-4-6-15(8-10)11(2)13(16)14(3)12-5-7-19(17,18)9-12/h10-12H,4-9H2,1-3H3. The first kappa shape index (κ1) is 14.8. The molecule has 2 aliphatic heterocycles. The summed E-state index contributed by atoms with van der Waals surface area (Å²) in [4.78, 5) is 16.3. The number of likely N-dealkylation sites (tertiary alicyclic amines) is 1. The first-order valence-corrected chi connectivity index (χ1v) is 8.83. The van der Waals surface area contributed by atoms with Gasteiger partial charge in [0.15, 0.2) is 9.84 Å². The zero-order valence-electron chi connectivity index (χ0n) is 12.0. The van der Waals surface area contributed by atoms with E-state index in [4.69, 9.17) is 0 Å². The van der Waals surface area contributed by atoms with Crippen LogP contribution in [0.15, 0.2) is 0 Å². The smallest absolute Gasteiger partial charge is 0.239 e. The second kappa shape index (κ2) is 5.40. The Hall–Kier alpha value is -0.620. The maximum Gasteiger partial charge on any atom is 0.239 e. The molecule has 0 bridgehead atoms. The summed E-state index contributed by atoms with van der Waals surface area (Å²) in [6.45, 7) is 6.05. The fourth-order valence-electron chi connectivity index (χ4n) is 3.03. The monoisotopic (exact) mass is 288 g/mol. The Labute approximate surface area is 115 Å². The van der Waals surface area contributed by atoms with Crippen LogP contribution in [-0.2, 0) is 14.6 Å². The summed E-state index contributed by atoms with van der Waals surface area (Å²) in [6, 6.07) is -0.279. The molecule has 0 N–H and O–H groups in total. The summed E-state index contributed by atoms with van der Waals surface area (Å²) in [5.41, 5.74) is 0. The van der Waals surface area contributed by atoms with Gasteiger partial charge in [0.05, 0.1) is 17.5 Å². The second-order valence-electron chi connectivity index (χ2n) is 6.07. The van der Waals surface area contributed by atoms with E-state index >= 15 is 0 Å². The Bertz CT molecular complexity index is 449. The van der Waals surface area contributed by atoms with E-state index in [0.29, 0.717) is 12.3 Å². The molecule has 110 valence electrons. The summed E-state index contributed by atoms with van der Waals surface area (Å²) >= 11 is 0. The number of amides is 1. The first-order valence-electron chi connectivity index (χ1n) is 7.01. The van der Waals surface area contributed by atoms with Crippen LogP contribution in [0.2, 0.25) is 0 Å². The van der Waals surface area contributed by atoms with Crippen LogP contribution in [-0.4, -0.2) is 67.9 Å². The van der Waals surface area contributed by atoms with Gasteiger partial charge in [0, 0.05) is 19.6 Å². The molecular weight excluding hydrogens is 264 g/mol. The number of carbonyl (C=O) groups excluding carboxylic acids is 1. The fourth-order valence-corrected chi connectivity index (χ4v) is 4.81. The highest BCUT2D eigenvalue weighted by atomic mass is 32.2. The highest BCUT2D eigenvalue weighted by molar-refractivity contribution is 7.91. The molecule has 19 heavy (non-hydrogen) atoms. The van der Waals surface area contributed by atoms with Gasteiger partial charge in [0.1, 0.15) is 0 Å². The number of hydrogen-bond donors (Lipinski definition) is 0. The molecule has 0 aromatic rings. The zero-order chi connectivity index (χ0) is 14.2. The van der Waals surface area contributed by atoms with E-state index in [2.05, 4.69) is 11.8 Å². The Kier molecular flexibility index (Phi) is 4.20. The van der Waals surface area contributed by atoms with Gasteiger partial charge in [-0.1, -0.05) is 6.92 Å². The SMILES string of the molecule is CC1CCN(C(C)C(=O)N(C)C2CCS(=O)(=O)C2)C1. The van der Waals surface area contributed by atoms with Gasteiger partial charge in [-0.25, -0.2) is 8.42 Å². The molecule has 2 heterocycles. The van der Waals surface area contributed by atoms with Crippen molar-refractivity contribution < 1.29 is 13.2 Å². The second-order valence-corrected chi connectivity index (χ2v) is 8.30. The largest absolute Gasteiger partial charge is 0.340 e. The maximum atomic E-state index is 12.4. The molecule has 3 unspecified atom stereocenters. The van der Waals surface area contributed by atoms with Gasteiger partial charge in [-0.05, 0) is 32.2 Å². The predicted octanol–water partition coefficient (Wildman–Crippen LogP) is 0.362. The van der Waals surface area contributed by atoms with Crippen LogP contribution in [0.25, 0.3) is 0 Å². The van der Waals surface area contributed by atoms with Crippen molar-refractivity contribution in [1.29, 1.82) is 0 Å². The van der Waals surface area contributed by atoms with Crippen molar-refractivity contribution in [3.63, 3.8) is 0 Å². The Morgan fingerprint density at radius 1 is 1.37 bits per heavy atom. The average Bonchev–Trinajstić information content (AvgIpc) is 2.92. The number of nitrogens with zero attached hydrogens (tertiary/aromatic N) is 2. The Morgan fingerprint density at radius 2 is 2.05 bits per heavy atom. The highest BCUT2D eigenvalue weighted by Crippen LogP contribution is 2.21. The van der Waals surface area contributed by atoms with E-state index in [0.717, 1.165) is 19.5 Å². The molecule has 5 nitrogen and oxygen atoms in total. The molecule has 0 aromatic heterocycles. The fraction of sp³-hybridized carbons (Fsp3) is 0.923. The van der Waals surface area contributed by atoms with Gasteiger partial charge in [-0.15, -0.1) is 0 Å². The number of likely N-dealkylation sites (N-methyl/N-ethyl adjacent to an activating group) is 1. The molecule has 0 aliphatic carbocycles. The van der Waals surface area contributed by atoms with Gasteiger partial charge in [0.2, 0.25) is 5.91 Å². The van der Waals surface area contributed by atoms with Crippen LogP contribution in [0.3, 0.4) is 0 Å². The van der Waals surface area contributed by atoms with E-state index in [1.807, 2.05) is 6.92 Å². The molecule has 0 aromatic carbocycles. The molecule has 0 saturated carbocycles. The van der Waals surface area contributed by atoms with E-state index in [9.17, 15) is 13.2 Å². The van der Waals surface area contributed by atoms with Crippen molar-refractivity contribution in [3.8, 4) is 0 Å². The number of rotatable bonds is 3. The predicted molar refractivity (Wildman–Crippen MR) is 74.6 cm³/mol. The third kappa shape index (κ3) is 3.28. The van der Waals surface area contributed by atoms with Crippen LogP contribution < -0.4 is 0 Å². The minimum absolute atomic E-state index is 0.0520. The van der Waals surface area contributed by atoms with E-state index in [1.165, 1.54) is 0 Å². The van der Waals surface area contributed by atoms with Crippen LogP contribution in [0.1, 0.15) is 26.7 Å². The van der Waals surface area contributed by atoms with Crippen molar-refractivity contribution in [1.82, 2.24) is 9.80 Å². The molecule has 1 amide bonds. The number of carbonyl (C=O) groups is 1. The van der Waals surface area contributed by atoms with Gasteiger partial charge >= 0.3 is 0 Å². The van der Waals surface area contributed by atoms with Crippen LogP contribution in [0.4, 0.5) is 0 Å². The third-order valence-corrected chi connectivity index (χ3v) is 6.21. The van der Waals surface area contributed by atoms with E-state index in [-0.39, 0.29) is 29.5 Å². The average molecular weight is 288 g/mol. The lowest BCUT2D eigenvalue weighted by molar-refractivity contribution is -0.136. The topological polar surface area (TPSA) is 57.7 Å². The summed E-state index contributed by atoms with van der Waals surface area (Å²) in [5, 5.41) is 0. The van der Waals surface area contributed by atoms with Gasteiger partial charge in [-0.2, -0.15) is 0 Å². The van der Waals surface area contributed by atoms with Gasteiger partial charge in [0.25, 0.3) is 0 Å². The normalized spacial score (nSPS) is 32.4. The van der Waals surface area contributed by atoms with Crippen molar-refractivity contribution >= 4 is 15.7 Å². The molecule has 0 radical (unpaired) electrons. The van der Waals surface area contributed by atoms with E-state index < -0.39 is 9.84 Å². The van der Waals surface area contributed by atoms with Crippen LogP contribution >= 0.6 is 0 Å². The number of hydrogen-bond acceptors (Lipinski definition) is 4. The van der Waals surface area contributed by atoms with Crippen molar-refractivity contribution in [2.75, 3.05) is 31.6 Å². The summed E-state index contributed by atoms with van der Waals surface area (Å²) in [6.07, 6.45) is 1.72. The molecule has 3 atom stereocenters. The zero-order valence-corrected chi connectivity index (χ0v) is 12.8. The maximum absolute atomic E-state index is 12.4. The Morgan fingerprint density at radius 3 is 2.53 bits per heavy atom. The van der Waals surface area contributed by atoms with Crippen molar-refractivity contribution in [2.24, 2.45) is 5.92 Å². The van der Waals surface area contributed by atoms with Crippen molar-refractivity contribution in [2.45, 2.75) is 38.8 Å².